The summed E-state index contributed by atoms with van der Waals surface area (Å²) in [5.41, 5.74) is -3.01. The third-order valence-corrected chi connectivity index (χ3v) is 3.38. The van der Waals surface area contributed by atoms with Crippen molar-refractivity contribution in [3.63, 3.8) is 0 Å². The van der Waals surface area contributed by atoms with Crippen LogP contribution in [0.1, 0.15) is 45.4 Å². The van der Waals surface area contributed by atoms with E-state index in [-0.39, 0.29) is 12.8 Å². The molecule has 0 bridgehead atoms. The molecule has 6 heteroatoms. The van der Waals surface area contributed by atoms with Gasteiger partial charge in [0.1, 0.15) is 0 Å². The minimum Gasteiger partial charge on any atom is -0.320 e. The minimum absolute atomic E-state index is 0.169. The number of rotatable bonds is 3. The highest BCUT2D eigenvalue weighted by molar-refractivity contribution is 4.94. The fourth-order valence-corrected chi connectivity index (χ4v) is 2.39. The van der Waals surface area contributed by atoms with Crippen LogP contribution in [0, 0.1) is 5.41 Å². The van der Waals surface area contributed by atoms with Crippen molar-refractivity contribution < 1.29 is 26.7 Å². The average molecular weight is 260 g/mol. The standard InChI is InChI=1S/C11H17F5O/c1-2-17-11(15,16)9(10(12,13)14)7-5-3-4-6-8-9/h2-8H2,1H3. The van der Waals surface area contributed by atoms with E-state index in [0.29, 0.717) is 12.8 Å². The first kappa shape index (κ1) is 14.7. The van der Waals surface area contributed by atoms with Gasteiger partial charge in [-0.25, -0.2) is 0 Å². The number of halogens is 5. The summed E-state index contributed by atoms with van der Waals surface area (Å²) in [6.07, 6.45) is -8.70. The lowest BCUT2D eigenvalue weighted by atomic mass is 9.78. The molecule has 0 N–H and O–H groups in total. The van der Waals surface area contributed by atoms with Crippen LogP contribution in [0.3, 0.4) is 0 Å². The first-order valence-corrected chi connectivity index (χ1v) is 5.85. The second-order valence-electron chi connectivity index (χ2n) is 4.44. The monoisotopic (exact) mass is 260 g/mol. The summed E-state index contributed by atoms with van der Waals surface area (Å²) in [7, 11) is 0. The van der Waals surface area contributed by atoms with Crippen LogP contribution >= 0.6 is 0 Å². The Hall–Kier alpha value is -0.390. The van der Waals surface area contributed by atoms with Crippen molar-refractivity contribution in [2.75, 3.05) is 6.61 Å². The number of ether oxygens (including phenoxy) is 1. The number of alkyl halides is 5. The lowest BCUT2D eigenvalue weighted by Crippen LogP contribution is -2.53. The Morgan fingerprint density at radius 1 is 0.941 bits per heavy atom. The summed E-state index contributed by atoms with van der Waals surface area (Å²) in [4.78, 5) is 0. The molecule has 0 saturated heterocycles. The SMILES string of the molecule is CCOC(F)(F)C1(C(F)(F)F)CCCCCC1. The van der Waals surface area contributed by atoms with Crippen LogP contribution in [-0.2, 0) is 4.74 Å². The zero-order valence-corrected chi connectivity index (χ0v) is 9.75. The summed E-state index contributed by atoms with van der Waals surface area (Å²) < 4.78 is 70.6. The van der Waals surface area contributed by atoms with Gasteiger partial charge in [0.25, 0.3) is 0 Å². The van der Waals surface area contributed by atoms with Gasteiger partial charge in [-0.3, -0.25) is 0 Å². The summed E-state index contributed by atoms with van der Waals surface area (Å²) in [5, 5.41) is 0. The molecule has 1 rings (SSSR count). The maximum atomic E-state index is 13.7. The smallest absolute Gasteiger partial charge is 0.320 e. The second kappa shape index (κ2) is 5.08. The molecule has 0 atom stereocenters. The molecule has 0 amide bonds. The van der Waals surface area contributed by atoms with E-state index in [1.54, 1.807) is 0 Å². The topological polar surface area (TPSA) is 9.23 Å². The third-order valence-electron chi connectivity index (χ3n) is 3.38. The van der Waals surface area contributed by atoms with Crippen molar-refractivity contribution in [3.05, 3.63) is 0 Å². The molecular weight excluding hydrogens is 243 g/mol. The molecular formula is C11H17F5O. The van der Waals surface area contributed by atoms with Crippen LogP contribution in [0.5, 0.6) is 0 Å². The van der Waals surface area contributed by atoms with E-state index >= 15 is 0 Å². The van der Waals surface area contributed by atoms with Gasteiger partial charge in [0.05, 0.1) is 6.61 Å². The van der Waals surface area contributed by atoms with Crippen LogP contribution in [-0.4, -0.2) is 18.9 Å². The van der Waals surface area contributed by atoms with Crippen LogP contribution < -0.4 is 0 Å². The molecule has 1 saturated carbocycles. The van der Waals surface area contributed by atoms with Crippen molar-refractivity contribution in [2.24, 2.45) is 5.41 Å². The van der Waals surface area contributed by atoms with E-state index in [2.05, 4.69) is 4.74 Å². The molecule has 102 valence electrons. The lowest BCUT2D eigenvalue weighted by molar-refractivity contribution is -0.386. The second-order valence-corrected chi connectivity index (χ2v) is 4.44. The molecule has 0 aromatic carbocycles. The molecule has 0 aliphatic heterocycles. The molecule has 1 aliphatic carbocycles. The van der Waals surface area contributed by atoms with Crippen molar-refractivity contribution in [2.45, 2.75) is 57.7 Å². The third kappa shape index (κ3) is 2.72. The molecule has 0 radical (unpaired) electrons. The quantitative estimate of drug-likeness (QED) is 0.535. The molecule has 1 aliphatic rings. The van der Waals surface area contributed by atoms with Gasteiger partial charge in [-0.15, -0.1) is 0 Å². The summed E-state index contributed by atoms with van der Waals surface area (Å²) in [5.74, 6) is 0. The van der Waals surface area contributed by atoms with Gasteiger partial charge < -0.3 is 4.74 Å². The van der Waals surface area contributed by atoms with Crippen molar-refractivity contribution in [3.8, 4) is 0 Å². The molecule has 1 nitrogen and oxygen atoms in total. The maximum Gasteiger partial charge on any atom is 0.402 e. The van der Waals surface area contributed by atoms with E-state index in [4.69, 9.17) is 0 Å². The van der Waals surface area contributed by atoms with Gasteiger partial charge in [-0.1, -0.05) is 25.7 Å². The fourth-order valence-electron chi connectivity index (χ4n) is 2.39. The highest BCUT2D eigenvalue weighted by Gasteiger charge is 2.69. The van der Waals surface area contributed by atoms with E-state index < -0.39 is 37.1 Å². The number of hydrogen-bond acceptors (Lipinski definition) is 1. The van der Waals surface area contributed by atoms with Crippen LogP contribution in [0.4, 0.5) is 22.0 Å². The lowest BCUT2D eigenvalue weighted by Gasteiger charge is -2.40. The molecule has 17 heavy (non-hydrogen) atoms. The highest BCUT2D eigenvalue weighted by Crippen LogP contribution is 2.57. The predicted octanol–water partition coefficient (Wildman–Crippen LogP) is 4.52. The zero-order valence-electron chi connectivity index (χ0n) is 9.75. The Morgan fingerprint density at radius 2 is 1.41 bits per heavy atom. The van der Waals surface area contributed by atoms with Gasteiger partial charge in [0.15, 0.2) is 5.41 Å². The zero-order chi connectivity index (χ0) is 13.2. The Morgan fingerprint density at radius 3 is 1.76 bits per heavy atom. The van der Waals surface area contributed by atoms with Gasteiger partial charge >= 0.3 is 12.3 Å². The maximum absolute atomic E-state index is 13.7. The van der Waals surface area contributed by atoms with Crippen molar-refractivity contribution >= 4 is 0 Å². The van der Waals surface area contributed by atoms with Crippen molar-refractivity contribution in [1.29, 1.82) is 0 Å². The largest absolute Gasteiger partial charge is 0.402 e. The van der Waals surface area contributed by atoms with E-state index in [1.807, 2.05) is 0 Å². The van der Waals surface area contributed by atoms with E-state index in [0.717, 1.165) is 0 Å². The van der Waals surface area contributed by atoms with Gasteiger partial charge in [-0.2, -0.15) is 22.0 Å². The summed E-state index contributed by atoms with van der Waals surface area (Å²) in [6.45, 7) is 0.847. The first-order chi connectivity index (χ1) is 7.77. The molecule has 0 aromatic rings. The molecule has 0 aromatic heterocycles. The Labute approximate surface area is 97.3 Å². The summed E-state index contributed by atoms with van der Waals surface area (Å²) in [6, 6.07) is 0. The Bertz CT molecular complexity index is 241. The molecule has 1 fully saturated rings. The van der Waals surface area contributed by atoms with E-state index in [9.17, 15) is 22.0 Å². The minimum atomic E-state index is -4.93. The molecule has 0 spiro atoms. The van der Waals surface area contributed by atoms with Gasteiger partial charge in [0, 0.05) is 0 Å². The van der Waals surface area contributed by atoms with Gasteiger partial charge in [0.2, 0.25) is 0 Å². The normalized spacial score (nSPS) is 22.2. The first-order valence-electron chi connectivity index (χ1n) is 5.85. The van der Waals surface area contributed by atoms with Crippen LogP contribution in [0.2, 0.25) is 0 Å². The summed E-state index contributed by atoms with van der Waals surface area (Å²) >= 11 is 0. The van der Waals surface area contributed by atoms with Gasteiger partial charge in [-0.05, 0) is 19.8 Å². The molecule has 0 unspecified atom stereocenters. The van der Waals surface area contributed by atoms with Crippen LogP contribution in [0.25, 0.3) is 0 Å². The Balaban J connectivity index is 3.08. The highest BCUT2D eigenvalue weighted by atomic mass is 19.4. The Kier molecular flexibility index (Phi) is 4.38. The number of hydrogen-bond donors (Lipinski definition) is 0. The predicted molar refractivity (Wildman–Crippen MR) is 52.8 cm³/mol. The van der Waals surface area contributed by atoms with Crippen LogP contribution in [0.15, 0.2) is 0 Å². The molecule has 0 heterocycles. The van der Waals surface area contributed by atoms with Crippen molar-refractivity contribution in [1.82, 2.24) is 0 Å². The average Bonchev–Trinajstić information content (AvgIpc) is 2.41. The van der Waals surface area contributed by atoms with E-state index in [1.165, 1.54) is 6.92 Å². The fraction of sp³-hybridized carbons (Fsp3) is 1.00.